The molecule has 4 N–H and O–H groups in total. The molecule has 0 radical (unpaired) electrons. The average molecular weight is 438 g/mol. The number of benzene rings is 2. The smallest absolute Gasteiger partial charge is 0.289 e. The summed E-state index contributed by atoms with van der Waals surface area (Å²) in [7, 11) is 0. The fourth-order valence-corrected chi connectivity index (χ4v) is 4.10. The van der Waals surface area contributed by atoms with E-state index >= 15 is 0 Å². The van der Waals surface area contributed by atoms with Crippen molar-refractivity contribution in [2.45, 2.75) is 24.9 Å². The van der Waals surface area contributed by atoms with Gasteiger partial charge in [0.1, 0.15) is 0 Å². The molecule has 0 spiro atoms. The standard InChI is InChI=1S/C25H23N7O/c33-25(30-22(14-27-17-6-7-17)15-4-2-1-3-5-15)24-28-20-12-18-19(13-21(20)29-24)31-32-23(18)16-8-10-26-11-9-16/h1-5,8-13,17,22,27,31-32H,6-7,14H2,(H,30,33)/t22-/m1/s1. The van der Waals surface area contributed by atoms with Crippen molar-refractivity contribution in [3.05, 3.63) is 78.4 Å². The van der Waals surface area contributed by atoms with Crippen molar-refractivity contribution in [2.24, 2.45) is 0 Å². The zero-order valence-electron chi connectivity index (χ0n) is 17.9. The maximum atomic E-state index is 13.1. The molecule has 1 aliphatic rings. The summed E-state index contributed by atoms with van der Waals surface area (Å²) in [5.74, 6) is -0.0957. The summed E-state index contributed by atoms with van der Waals surface area (Å²) in [5, 5.41) is 14.0. The van der Waals surface area contributed by atoms with Crippen molar-refractivity contribution < 1.29 is 4.79 Å². The quantitative estimate of drug-likeness (QED) is 0.310. The fourth-order valence-electron chi connectivity index (χ4n) is 4.10. The summed E-state index contributed by atoms with van der Waals surface area (Å²) in [6.45, 7) is 0.675. The summed E-state index contributed by atoms with van der Waals surface area (Å²) in [4.78, 5) is 26.2. The Bertz CT molecular complexity index is 1420. The number of fused-ring (bicyclic) bond motifs is 2. The predicted molar refractivity (Wildman–Crippen MR) is 127 cm³/mol. The Labute approximate surface area is 189 Å². The number of hydrogen-bond acceptors (Lipinski definition) is 5. The average Bonchev–Trinajstić information content (AvgIpc) is 3.45. The Morgan fingerprint density at radius 3 is 2.52 bits per heavy atom. The highest BCUT2D eigenvalue weighted by atomic mass is 16.2. The molecule has 1 aliphatic carbocycles. The number of amides is 1. The van der Waals surface area contributed by atoms with E-state index in [1.54, 1.807) is 12.4 Å². The van der Waals surface area contributed by atoms with Gasteiger partial charge in [-0.05, 0) is 42.7 Å². The van der Waals surface area contributed by atoms with Gasteiger partial charge in [-0.25, -0.2) is 9.97 Å². The maximum absolute atomic E-state index is 13.1. The molecule has 8 nitrogen and oxygen atoms in total. The number of carbonyl (C=O) groups is 1. The summed E-state index contributed by atoms with van der Waals surface area (Å²) < 4.78 is 0. The second-order valence-electron chi connectivity index (χ2n) is 8.41. The van der Waals surface area contributed by atoms with Crippen LogP contribution in [0.5, 0.6) is 0 Å². The number of rotatable bonds is 7. The SMILES string of the molecule is O=C(N[C@H](CNC1CC1)c1ccccc1)c1nc2cc3[nH][nH]c(-c4ccncc4)c3cc2n1. The van der Waals surface area contributed by atoms with Crippen LogP contribution < -0.4 is 10.6 Å². The molecule has 0 saturated heterocycles. The van der Waals surface area contributed by atoms with Gasteiger partial charge in [0.2, 0.25) is 5.82 Å². The molecule has 3 aromatic heterocycles. The van der Waals surface area contributed by atoms with E-state index in [2.05, 4.69) is 35.8 Å². The number of pyridine rings is 1. The lowest BCUT2D eigenvalue weighted by Crippen LogP contribution is -2.36. The topological polar surface area (TPSA) is 111 Å². The summed E-state index contributed by atoms with van der Waals surface area (Å²) in [5.41, 5.74) is 5.28. The molecule has 0 aliphatic heterocycles. The number of imidazole rings is 1. The van der Waals surface area contributed by atoms with Crippen molar-refractivity contribution in [1.82, 2.24) is 35.8 Å². The van der Waals surface area contributed by atoms with Crippen LogP contribution in [0.25, 0.3) is 33.2 Å². The van der Waals surface area contributed by atoms with Gasteiger partial charge in [0.15, 0.2) is 0 Å². The molecular weight excluding hydrogens is 414 g/mol. The van der Waals surface area contributed by atoms with E-state index < -0.39 is 0 Å². The number of carbonyl (C=O) groups excluding carboxylic acids is 1. The van der Waals surface area contributed by atoms with Crippen molar-refractivity contribution in [1.29, 1.82) is 0 Å². The summed E-state index contributed by atoms with van der Waals surface area (Å²) in [6, 6.07) is 18.2. The van der Waals surface area contributed by atoms with E-state index in [1.807, 2.05) is 54.6 Å². The molecule has 8 heteroatoms. The van der Waals surface area contributed by atoms with E-state index in [-0.39, 0.29) is 17.8 Å². The van der Waals surface area contributed by atoms with Gasteiger partial charge in [-0.15, -0.1) is 0 Å². The van der Waals surface area contributed by atoms with Crippen LogP contribution in [-0.2, 0) is 0 Å². The first kappa shape index (κ1) is 19.6. The highest BCUT2D eigenvalue weighted by Crippen LogP contribution is 2.29. The molecule has 0 bridgehead atoms. The highest BCUT2D eigenvalue weighted by molar-refractivity contribution is 6.02. The van der Waals surface area contributed by atoms with Gasteiger partial charge in [-0.2, -0.15) is 0 Å². The summed E-state index contributed by atoms with van der Waals surface area (Å²) in [6.07, 6.45) is 5.90. The minimum Gasteiger partial charge on any atom is -0.341 e. The highest BCUT2D eigenvalue weighted by Gasteiger charge is 2.24. The first-order valence-electron chi connectivity index (χ1n) is 11.1. The Hall–Kier alpha value is -4.04. The first-order valence-corrected chi connectivity index (χ1v) is 11.1. The van der Waals surface area contributed by atoms with Crippen LogP contribution >= 0.6 is 0 Å². The number of nitrogens with one attached hydrogen (secondary N) is 4. The van der Waals surface area contributed by atoms with Crippen molar-refractivity contribution in [2.75, 3.05) is 6.54 Å². The summed E-state index contributed by atoms with van der Waals surface area (Å²) >= 11 is 0. The Balaban J connectivity index is 1.29. The maximum Gasteiger partial charge on any atom is 0.289 e. The third-order valence-corrected chi connectivity index (χ3v) is 6.03. The van der Waals surface area contributed by atoms with E-state index in [1.165, 1.54) is 12.8 Å². The fraction of sp³-hybridized carbons (Fsp3) is 0.200. The molecule has 6 rings (SSSR count). The van der Waals surface area contributed by atoms with Gasteiger partial charge in [-0.3, -0.25) is 14.9 Å². The van der Waals surface area contributed by atoms with Crippen LogP contribution in [0, 0.1) is 0 Å². The molecule has 3 heterocycles. The Morgan fingerprint density at radius 2 is 1.76 bits per heavy atom. The van der Waals surface area contributed by atoms with E-state index in [4.69, 9.17) is 0 Å². The largest absolute Gasteiger partial charge is 0.341 e. The second-order valence-corrected chi connectivity index (χ2v) is 8.41. The van der Waals surface area contributed by atoms with Gasteiger partial charge in [0.25, 0.3) is 5.91 Å². The van der Waals surface area contributed by atoms with Crippen LogP contribution in [0.4, 0.5) is 0 Å². The predicted octanol–water partition coefficient (Wildman–Crippen LogP) is 3.72. The molecule has 1 saturated carbocycles. The normalized spacial score (nSPS) is 14.5. The third kappa shape index (κ3) is 3.96. The van der Waals surface area contributed by atoms with Crippen LogP contribution in [0.1, 0.15) is 35.1 Å². The zero-order valence-corrected chi connectivity index (χ0v) is 17.9. The molecule has 0 unspecified atom stereocenters. The number of nitrogens with zero attached hydrogens (tertiary/aromatic N) is 3. The van der Waals surface area contributed by atoms with Gasteiger partial charge in [-0.1, -0.05) is 30.3 Å². The van der Waals surface area contributed by atoms with Crippen LogP contribution in [0.2, 0.25) is 0 Å². The van der Waals surface area contributed by atoms with Gasteiger partial charge >= 0.3 is 0 Å². The molecule has 164 valence electrons. The van der Waals surface area contributed by atoms with Crippen molar-refractivity contribution >= 4 is 27.8 Å². The van der Waals surface area contributed by atoms with Crippen LogP contribution in [0.3, 0.4) is 0 Å². The Morgan fingerprint density at radius 1 is 1.00 bits per heavy atom. The minimum atomic E-state index is -0.276. The number of aromatic amines is 2. The number of hydrogen-bond donors (Lipinski definition) is 4. The van der Waals surface area contributed by atoms with E-state index in [0.29, 0.717) is 23.6 Å². The Kier molecular flexibility index (Phi) is 4.84. The molecule has 33 heavy (non-hydrogen) atoms. The van der Waals surface area contributed by atoms with Crippen molar-refractivity contribution in [3.63, 3.8) is 0 Å². The molecule has 5 aromatic rings. The molecular formula is C25H23N7O. The molecule has 1 amide bonds. The van der Waals surface area contributed by atoms with Crippen molar-refractivity contribution in [3.8, 4) is 11.3 Å². The molecule has 2 aromatic carbocycles. The van der Waals surface area contributed by atoms with Crippen LogP contribution in [-0.4, -0.2) is 43.6 Å². The lowest BCUT2D eigenvalue weighted by atomic mass is 10.1. The van der Waals surface area contributed by atoms with Gasteiger partial charge < -0.3 is 15.7 Å². The second kappa shape index (κ2) is 8.14. The number of H-pyrrole nitrogens is 2. The molecule has 1 fully saturated rings. The van der Waals surface area contributed by atoms with E-state index in [9.17, 15) is 4.79 Å². The molecule has 1 atom stereocenters. The lowest BCUT2D eigenvalue weighted by Gasteiger charge is -2.19. The third-order valence-electron chi connectivity index (χ3n) is 6.03. The zero-order chi connectivity index (χ0) is 22.2. The monoisotopic (exact) mass is 437 g/mol. The number of aromatic nitrogens is 5. The van der Waals surface area contributed by atoms with Gasteiger partial charge in [0, 0.05) is 35.9 Å². The van der Waals surface area contributed by atoms with E-state index in [0.717, 1.165) is 27.7 Å². The lowest BCUT2D eigenvalue weighted by molar-refractivity contribution is 0.0926. The van der Waals surface area contributed by atoms with Crippen LogP contribution in [0.15, 0.2) is 67.0 Å². The first-order chi connectivity index (χ1) is 16.2. The minimum absolute atomic E-state index is 0.150. The van der Waals surface area contributed by atoms with Gasteiger partial charge in [0.05, 0.1) is 28.3 Å².